The van der Waals surface area contributed by atoms with E-state index in [4.69, 9.17) is 14.2 Å². The number of aromatic nitrogens is 1. The SMILES string of the molecule is COCCN(CCOC)C(=O)c1cc(-c2ccc(OC)cc2)c(=O)n2ccc3ccsc3c12. The average molecular weight is 467 g/mol. The topological polar surface area (TPSA) is 69.5 Å². The second-order valence-electron chi connectivity index (χ2n) is 7.52. The third-order valence-corrected chi connectivity index (χ3v) is 6.53. The summed E-state index contributed by atoms with van der Waals surface area (Å²) in [5, 5.41) is 2.96. The largest absolute Gasteiger partial charge is 0.497 e. The van der Waals surface area contributed by atoms with Crippen LogP contribution in [0.15, 0.2) is 58.8 Å². The fraction of sp³-hybridized carbons (Fsp3) is 0.280. The Kier molecular flexibility index (Phi) is 7.08. The number of ether oxygens (including phenoxy) is 3. The predicted octanol–water partition coefficient (Wildman–Crippen LogP) is 3.92. The number of amides is 1. The molecule has 1 aromatic carbocycles. The molecule has 33 heavy (non-hydrogen) atoms. The average Bonchev–Trinajstić information content (AvgIpc) is 3.33. The van der Waals surface area contributed by atoms with Crippen molar-refractivity contribution in [2.45, 2.75) is 0 Å². The van der Waals surface area contributed by atoms with Gasteiger partial charge in [-0.1, -0.05) is 12.1 Å². The summed E-state index contributed by atoms with van der Waals surface area (Å²) in [5.74, 6) is 0.527. The van der Waals surface area contributed by atoms with E-state index in [9.17, 15) is 9.59 Å². The standard InChI is InChI=1S/C25H26N2O5S/c1-30-13-11-26(12-14-31-2)24(28)21-16-20(17-4-6-19(32-3)7-5-17)25(29)27-10-8-18-9-15-33-23(18)22(21)27/h4-10,15-16H,11-14H2,1-3H3. The fourth-order valence-corrected chi connectivity index (χ4v) is 4.78. The third kappa shape index (κ3) is 4.50. The van der Waals surface area contributed by atoms with Crippen molar-refractivity contribution in [1.82, 2.24) is 9.30 Å². The highest BCUT2D eigenvalue weighted by Crippen LogP contribution is 2.30. The van der Waals surface area contributed by atoms with Gasteiger partial charge in [0, 0.05) is 39.1 Å². The van der Waals surface area contributed by atoms with E-state index >= 15 is 0 Å². The first-order valence-corrected chi connectivity index (χ1v) is 11.4. The van der Waals surface area contributed by atoms with E-state index in [-0.39, 0.29) is 11.5 Å². The van der Waals surface area contributed by atoms with Crippen LogP contribution in [0.3, 0.4) is 0 Å². The lowest BCUT2D eigenvalue weighted by Crippen LogP contribution is -2.37. The monoisotopic (exact) mass is 466 g/mol. The van der Waals surface area contributed by atoms with E-state index < -0.39 is 0 Å². The maximum atomic E-state index is 13.8. The van der Waals surface area contributed by atoms with Gasteiger partial charge in [0.05, 0.1) is 36.1 Å². The van der Waals surface area contributed by atoms with Gasteiger partial charge in [0.1, 0.15) is 5.75 Å². The molecule has 4 rings (SSSR count). The van der Waals surface area contributed by atoms with Crippen LogP contribution >= 0.6 is 11.3 Å². The van der Waals surface area contributed by atoms with E-state index in [1.165, 1.54) is 11.3 Å². The molecular weight excluding hydrogens is 440 g/mol. The van der Waals surface area contributed by atoms with Gasteiger partial charge in [-0.3, -0.25) is 14.0 Å². The molecule has 8 heteroatoms. The number of hydrogen-bond donors (Lipinski definition) is 0. The molecule has 4 aromatic rings. The van der Waals surface area contributed by atoms with Gasteiger partial charge in [-0.05, 0) is 46.7 Å². The van der Waals surface area contributed by atoms with Crippen molar-refractivity contribution in [3.8, 4) is 16.9 Å². The summed E-state index contributed by atoms with van der Waals surface area (Å²) >= 11 is 1.51. The van der Waals surface area contributed by atoms with Crippen molar-refractivity contribution in [3.63, 3.8) is 0 Å². The van der Waals surface area contributed by atoms with Crippen LogP contribution in [0.1, 0.15) is 10.4 Å². The molecule has 0 aliphatic carbocycles. The van der Waals surface area contributed by atoms with Crippen molar-refractivity contribution in [2.24, 2.45) is 0 Å². The predicted molar refractivity (Wildman–Crippen MR) is 131 cm³/mol. The van der Waals surface area contributed by atoms with Crippen LogP contribution in [-0.2, 0) is 9.47 Å². The molecule has 0 radical (unpaired) electrons. The second-order valence-corrected chi connectivity index (χ2v) is 8.44. The van der Waals surface area contributed by atoms with Gasteiger partial charge in [-0.15, -0.1) is 11.3 Å². The molecule has 0 bridgehead atoms. The molecule has 0 saturated heterocycles. The Hall–Kier alpha value is -3.20. The Morgan fingerprint density at radius 1 is 1.00 bits per heavy atom. The van der Waals surface area contributed by atoms with E-state index in [0.29, 0.717) is 48.7 Å². The van der Waals surface area contributed by atoms with Crippen molar-refractivity contribution in [3.05, 3.63) is 70.0 Å². The number of methoxy groups -OCH3 is 3. The fourth-order valence-electron chi connectivity index (χ4n) is 3.84. The number of nitrogens with zero attached hydrogens (tertiary/aromatic N) is 2. The first-order valence-electron chi connectivity index (χ1n) is 10.6. The van der Waals surface area contributed by atoms with Crippen molar-refractivity contribution < 1.29 is 19.0 Å². The van der Waals surface area contributed by atoms with Crippen LogP contribution in [0.4, 0.5) is 0 Å². The number of carbonyl (C=O) groups excluding carboxylic acids is 1. The molecule has 0 spiro atoms. The van der Waals surface area contributed by atoms with Crippen molar-refractivity contribution in [2.75, 3.05) is 47.6 Å². The lowest BCUT2D eigenvalue weighted by Gasteiger charge is -2.23. The van der Waals surface area contributed by atoms with E-state index in [2.05, 4.69) is 0 Å². The Morgan fingerprint density at radius 2 is 1.70 bits per heavy atom. The molecule has 172 valence electrons. The van der Waals surface area contributed by atoms with E-state index in [0.717, 1.165) is 15.6 Å². The quantitative estimate of drug-likeness (QED) is 0.374. The normalized spacial score (nSPS) is 11.2. The molecule has 3 heterocycles. The first kappa shape index (κ1) is 23.0. The van der Waals surface area contributed by atoms with Crippen LogP contribution in [0.25, 0.3) is 26.7 Å². The molecule has 0 aliphatic rings. The summed E-state index contributed by atoms with van der Waals surface area (Å²) in [6.07, 6.45) is 1.74. The number of hydrogen-bond acceptors (Lipinski definition) is 6. The molecule has 0 N–H and O–H groups in total. The highest BCUT2D eigenvalue weighted by molar-refractivity contribution is 7.18. The van der Waals surface area contributed by atoms with E-state index in [1.807, 2.05) is 29.6 Å². The minimum absolute atomic E-state index is 0.169. The molecule has 1 amide bonds. The first-order chi connectivity index (χ1) is 16.1. The van der Waals surface area contributed by atoms with Crippen LogP contribution in [0.2, 0.25) is 0 Å². The van der Waals surface area contributed by atoms with Gasteiger partial charge >= 0.3 is 0 Å². The minimum Gasteiger partial charge on any atom is -0.497 e. The summed E-state index contributed by atoms with van der Waals surface area (Å²) in [6.45, 7) is 1.64. The molecule has 7 nitrogen and oxygen atoms in total. The number of benzene rings is 1. The number of carbonyl (C=O) groups is 1. The van der Waals surface area contributed by atoms with Gasteiger partial charge in [0.25, 0.3) is 11.5 Å². The highest BCUT2D eigenvalue weighted by atomic mass is 32.1. The zero-order valence-electron chi connectivity index (χ0n) is 18.9. The lowest BCUT2D eigenvalue weighted by molar-refractivity contribution is 0.0629. The van der Waals surface area contributed by atoms with Gasteiger partial charge in [0.15, 0.2) is 0 Å². The molecule has 0 fully saturated rings. The maximum absolute atomic E-state index is 13.8. The van der Waals surface area contributed by atoms with Crippen molar-refractivity contribution in [1.29, 1.82) is 0 Å². The Labute approximate surface area is 195 Å². The number of rotatable bonds is 9. The summed E-state index contributed by atoms with van der Waals surface area (Å²) in [6, 6.07) is 12.9. The highest BCUT2D eigenvalue weighted by Gasteiger charge is 2.23. The maximum Gasteiger partial charge on any atom is 0.263 e. The van der Waals surface area contributed by atoms with Crippen molar-refractivity contribution >= 4 is 32.8 Å². The van der Waals surface area contributed by atoms with Crippen LogP contribution in [0.5, 0.6) is 5.75 Å². The summed E-state index contributed by atoms with van der Waals surface area (Å²) in [5.41, 5.74) is 2.08. The third-order valence-electron chi connectivity index (χ3n) is 5.60. The van der Waals surface area contributed by atoms with E-state index in [1.54, 1.807) is 55.0 Å². The molecule has 3 aromatic heterocycles. The smallest absolute Gasteiger partial charge is 0.263 e. The number of pyridine rings is 2. The summed E-state index contributed by atoms with van der Waals surface area (Å²) < 4.78 is 18.2. The number of thiophene rings is 1. The van der Waals surface area contributed by atoms with Gasteiger partial charge < -0.3 is 19.1 Å². The second kappa shape index (κ2) is 10.2. The molecule has 0 atom stereocenters. The summed E-state index contributed by atoms with van der Waals surface area (Å²) in [4.78, 5) is 29.0. The van der Waals surface area contributed by atoms with Crippen LogP contribution < -0.4 is 10.3 Å². The molecule has 0 saturated carbocycles. The number of fused-ring (bicyclic) bond motifs is 3. The van der Waals surface area contributed by atoms with Crippen LogP contribution in [0, 0.1) is 0 Å². The zero-order chi connectivity index (χ0) is 23.4. The van der Waals surface area contributed by atoms with Gasteiger partial charge in [-0.2, -0.15) is 0 Å². The van der Waals surface area contributed by atoms with Gasteiger partial charge in [-0.25, -0.2) is 0 Å². The molecule has 0 aliphatic heterocycles. The van der Waals surface area contributed by atoms with Gasteiger partial charge in [0.2, 0.25) is 0 Å². The summed E-state index contributed by atoms with van der Waals surface area (Å²) in [7, 11) is 4.80. The minimum atomic E-state index is -0.178. The lowest BCUT2D eigenvalue weighted by atomic mass is 10.0. The zero-order valence-corrected chi connectivity index (χ0v) is 19.7. The Bertz CT molecular complexity index is 1320. The Balaban J connectivity index is 1.95. The Morgan fingerprint density at radius 3 is 2.33 bits per heavy atom. The van der Waals surface area contributed by atoms with Crippen LogP contribution in [-0.4, -0.2) is 62.8 Å². The molecule has 0 unspecified atom stereocenters. The molecular formula is C25H26N2O5S.